The van der Waals surface area contributed by atoms with Gasteiger partial charge in [0.15, 0.2) is 5.82 Å². The van der Waals surface area contributed by atoms with Gasteiger partial charge in [0.1, 0.15) is 0 Å². The lowest BCUT2D eigenvalue weighted by Crippen LogP contribution is -2.27. The fourth-order valence-electron chi connectivity index (χ4n) is 1.77. The quantitative estimate of drug-likeness (QED) is 0.781. The first-order valence-electron chi connectivity index (χ1n) is 6.68. The Hall–Kier alpha value is -1.41. The summed E-state index contributed by atoms with van der Waals surface area (Å²) in [5, 5.41) is 13.6. The third kappa shape index (κ3) is 4.53. The van der Waals surface area contributed by atoms with Gasteiger partial charge in [-0.25, -0.2) is 4.68 Å². The van der Waals surface area contributed by atoms with Crippen LogP contribution in [0, 0.1) is 0 Å². The smallest absolute Gasteiger partial charge is 0.232 e. The van der Waals surface area contributed by atoms with Gasteiger partial charge in [-0.05, 0) is 35.7 Å². The minimum Gasteiger partial charge on any atom is -0.340 e. The maximum absolute atomic E-state index is 12.1. The second-order valence-corrected chi connectivity index (χ2v) is 6.97. The second kappa shape index (κ2) is 7.56. The Morgan fingerprint density at radius 3 is 3.00 bits per heavy atom. The number of thiophene rings is 1. The van der Waals surface area contributed by atoms with Crippen molar-refractivity contribution in [2.75, 3.05) is 12.8 Å². The van der Waals surface area contributed by atoms with E-state index in [-0.39, 0.29) is 11.9 Å². The summed E-state index contributed by atoms with van der Waals surface area (Å²) in [6.07, 6.45) is 0. The first-order valence-corrected chi connectivity index (χ1v) is 8.72. The summed E-state index contributed by atoms with van der Waals surface area (Å²) < 4.78 is 1.78. The highest BCUT2D eigenvalue weighted by Gasteiger charge is 2.13. The van der Waals surface area contributed by atoms with Gasteiger partial charge in [0.2, 0.25) is 5.91 Å². The third-order valence-corrected chi connectivity index (χ3v) is 4.68. The van der Waals surface area contributed by atoms with Crippen molar-refractivity contribution in [2.45, 2.75) is 32.2 Å². The standard InChI is InChI=1S/C13H19N5OS2/c1-10(2)18-12(14-15-16-18)8-20-9-13(19)17(3)7-11-5-4-6-21-11/h4-6,10H,7-9H2,1-3H3. The Bertz CT molecular complexity index is 567. The molecule has 0 atom stereocenters. The van der Waals surface area contributed by atoms with E-state index in [0.717, 1.165) is 5.82 Å². The third-order valence-electron chi connectivity index (χ3n) is 2.91. The molecular weight excluding hydrogens is 306 g/mol. The van der Waals surface area contributed by atoms with Crippen LogP contribution in [0.5, 0.6) is 0 Å². The van der Waals surface area contributed by atoms with Crippen LogP contribution in [0.25, 0.3) is 0 Å². The summed E-state index contributed by atoms with van der Waals surface area (Å²) in [4.78, 5) is 15.0. The van der Waals surface area contributed by atoms with E-state index in [9.17, 15) is 4.79 Å². The number of tetrazole rings is 1. The molecule has 0 aliphatic rings. The van der Waals surface area contributed by atoms with E-state index in [1.165, 1.54) is 4.88 Å². The van der Waals surface area contributed by atoms with Crippen LogP contribution in [-0.2, 0) is 17.1 Å². The molecule has 114 valence electrons. The Morgan fingerprint density at radius 2 is 2.33 bits per heavy atom. The number of rotatable bonds is 7. The van der Waals surface area contributed by atoms with Crippen molar-refractivity contribution in [3.63, 3.8) is 0 Å². The van der Waals surface area contributed by atoms with Gasteiger partial charge in [0, 0.05) is 11.9 Å². The van der Waals surface area contributed by atoms with Crippen molar-refractivity contribution < 1.29 is 4.79 Å². The average molecular weight is 325 g/mol. The summed E-state index contributed by atoms with van der Waals surface area (Å²) in [6, 6.07) is 4.27. The molecule has 0 radical (unpaired) electrons. The van der Waals surface area contributed by atoms with E-state index in [1.54, 1.807) is 32.7 Å². The summed E-state index contributed by atoms with van der Waals surface area (Å²) in [6.45, 7) is 4.73. The summed E-state index contributed by atoms with van der Waals surface area (Å²) in [5.74, 6) is 2.01. The summed E-state index contributed by atoms with van der Waals surface area (Å²) >= 11 is 3.21. The van der Waals surface area contributed by atoms with E-state index in [2.05, 4.69) is 15.5 Å². The average Bonchev–Trinajstić information content (AvgIpc) is 3.09. The van der Waals surface area contributed by atoms with E-state index >= 15 is 0 Å². The van der Waals surface area contributed by atoms with Gasteiger partial charge in [-0.15, -0.1) is 28.2 Å². The largest absolute Gasteiger partial charge is 0.340 e. The second-order valence-electron chi connectivity index (χ2n) is 4.96. The predicted octanol–water partition coefficient (Wildman–Crippen LogP) is 2.21. The van der Waals surface area contributed by atoms with Crippen LogP contribution < -0.4 is 0 Å². The van der Waals surface area contributed by atoms with Crippen molar-refractivity contribution in [2.24, 2.45) is 0 Å². The molecule has 2 aromatic heterocycles. The number of hydrogen-bond acceptors (Lipinski definition) is 6. The SMILES string of the molecule is CC(C)n1nnnc1CSCC(=O)N(C)Cc1cccs1. The molecular formula is C13H19N5OS2. The Kier molecular flexibility index (Phi) is 5.75. The molecule has 0 fully saturated rings. The first-order chi connectivity index (χ1) is 10.1. The number of hydrogen-bond donors (Lipinski definition) is 0. The minimum absolute atomic E-state index is 0.122. The van der Waals surface area contributed by atoms with Gasteiger partial charge < -0.3 is 4.90 Å². The Balaban J connectivity index is 1.77. The molecule has 0 aliphatic heterocycles. The van der Waals surface area contributed by atoms with Crippen LogP contribution in [0.4, 0.5) is 0 Å². The van der Waals surface area contributed by atoms with E-state index in [0.29, 0.717) is 18.1 Å². The zero-order chi connectivity index (χ0) is 15.2. The maximum Gasteiger partial charge on any atom is 0.232 e. The van der Waals surface area contributed by atoms with Gasteiger partial charge >= 0.3 is 0 Å². The molecule has 2 aromatic rings. The number of carbonyl (C=O) groups excluding carboxylic acids is 1. The van der Waals surface area contributed by atoms with Gasteiger partial charge in [-0.3, -0.25) is 4.79 Å². The van der Waals surface area contributed by atoms with Gasteiger partial charge in [0.05, 0.1) is 24.1 Å². The Morgan fingerprint density at radius 1 is 1.52 bits per heavy atom. The fourth-order valence-corrected chi connectivity index (χ4v) is 3.40. The molecule has 8 heteroatoms. The number of thioether (sulfide) groups is 1. The van der Waals surface area contributed by atoms with Crippen LogP contribution >= 0.6 is 23.1 Å². The number of nitrogens with zero attached hydrogens (tertiary/aromatic N) is 5. The van der Waals surface area contributed by atoms with Gasteiger partial charge in [0.25, 0.3) is 0 Å². The number of aromatic nitrogens is 4. The number of carbonyl (C=O) groups is 1. The zero-order valence-corrected chi connectivity index (χ0v) is 14.0. The van der Waals surface area contributed by atoms with Gasteiger partial charge in [-0.2, -0.15) is 0 Å². The summed E-state index contributed by atoms with van der Waals surface area (Å²) in [7, 11) is 1.83. The molecule has 0 bridgehead atoms. The van der Waals surface area contributed by atoms with Gasteiger partial charge in [-0.1, -0.05) is 6.07 Å². The lowest BCUT2D eigenvalue weighted by Gasteiger charge is -2.16. The molecule has 0 saturated carbocycles. The van der Waals surface area contributed by atoms with Crippen molar-refractivity contribution >= 4 is 29.0 Å². The molecule has 0 aliphatic carbocycles. The van der Waals surface area contributed by atoms with Crippen LogP contribution in [0.2, 0.25) is 0 Å². The highest BCUT2D eigenvalue weighted by atomic mass is 32.2. The number of amides is 1. The molecule has 0 spiro atoms. The predicted molar refractivity (Wildman–Crippen MR) is 85.2 cm³/mol. The fraction of sp³-hybridized carbons (Fsp3) is 0.538. The monoisotopic (exact) mass is 325 g/mol. The van der Waals surface area contributed by atoms with Crippen LogP contribution in [0.3, 0.4) is 0 Å². The first kappa shape index (κ1) is 16.0. The van der Waals surface area contributed by atoms with Crippen molar-refractivity contribution in [1.82, 2.24) is 25.1 Å². The lowest BCUT2D eigenvalue weighted by atomic mass is 10.4. The molecule has 1 amide bonds. The van der Waals surface area contributed by atoms with Crippen molar-refractivity contribution in [1.29, 1.82) is 0 Å². The van der Waals surface area contributed by atoms with Crippen LogP contribution in [-0.4, -0.2) is 43.8 Å². The normalized spacial score (nSPS) is 11.0. The Labute approximate surface area is 132 Å². The van der Waals surface area contributed by atoms with Crippen molar-refractivity contribution in [3.8, 4) is 0 Å². The molecule has 6 nitrogen and oxygen atoms in total. The van der Waals surface area contributed by atoms with Crippen molar-refractivity contribution in [3.05, 3.63) is 28.2 Å². The highest BCUT2D eigenvalue weighted by molar-refractivity contribution is 7.99. The molecule has 0 N–H and O–H groups in total. The topological polar surface area (TPSA) is 63.9 Å². The molecule has 2 rings (SSSR count). The maximum atomic E-state index is 12.1. The molecule has 2 heterocycles. The van der Waals surface area contributed by atoms with Crippen LogP contribution in [0.1, 0.15) is 30.6 Å². The molecule has 21 heavy (non-hydrogen) atoms. The molecule has 0 unspecified atom stereocenters. The van der Waals surface area contributed by atoms with Crippen LogP contribution in [0.15, 0.2) is 17.5 Å². The zero-order valence-electron chi connectivity index (χ0n) is 12.4. The van der Waals surface area contributed by atoms with E-state index < -0.39 is 0 Å². The lowest BCUT2D eigenvalue weighted by molar-refractivity contribution is -0.127. The minimum atomic E-state index is 0.122. The molecule has 0 aromatic carbocycles. The van der Waals surface area contributed by atoms with E-state index in [4.69, 9.17) is 0 Å². The van der Waals surface area contributed by atoms with E-state index in [1.807, 2.05) is 38.4 Å². The highest BCUT2D eigenvalue weighted by Crippen LogP contribution is 2.15. The molecule has 0 saturated heterocycles. The summed E-state index contributed by atoms with van der Waals surface area (Å²) in [5.41, 5.74) is 0.